The molecule has 0 bridgehead atoms. The first-order valence-electron chi connectivity index (χ1n) is 25.1. The zero-order valence-corrected chi connectivity index (χ0v) is 39.7. The lowest BCUT2D eigenvalue weighted by Gasteiger charge is -2.18. The third-order valence-electron chi connectivity index (χ3n) is 10.4. The molecule has 0 radical (unpaired) electrons. The molecular weight excluding hydrogens is 757 g/mol. The van der Waals surface area contributed by atoms with Gasteiger partial charge < -0.3 is 14.2 Å². The highest BCUT2D eigenvalue weighted by Gasteiger charge is 2.19. The summed E-state index contributed by atoms with van der Waals surface area (Å²) < 4.78 is 16.7. The number of allylic oxidation sites excluding steroid dienone is 14. The largest absolute Gasteiger partial charge is 0.462 e. The second kappa shape index (κ2) is 49.2. The van der Waals surface area contributed by atoms with E-state index >= 15 is 0 Å². The Balaban J connectivity index is 4.46. The molecule has 1 unspecified atom stereocenters. The monoisotopic (exact) mass is 849 g/mol. The molecule has 0 N–H and O–H groups in total. The summed E-state index contributed by atoms with van der Waals surface area (Å²) in [6.07, 6.45) is 62.8. The van der Waals surface area contributed by atoms with Gasteiger partial charge in [0.1, 0.15) is 13.2 Å². The van der Waals surface area contributed by atoms with Crippen LogP contribution in [-0.2, 0) is 28.6 Å². The van der Waals surface area contributed by atoms with E-state index in [1.807, 2.05) is 36.5 Å². The molecule has 0 rings (SSSR count). The van der Waals surface area contributed by atoms with Gasteiger partial charge in [-0.15, -0.1) is 0 Å². The van der Waals surface area contributed by atoms with Gasteiger partial charge in [0, 0.05) is 19.3 Å². The number of carbonyl (C=O) groups is 3. The summed E-state index contributed by atoms with van der Waals surface area (Å²) in [5.74, 6) is -0.968. The first-order valence-corrected chi connectivity index (χ1v) is 25.1. The summed E-state index contributed by atoms with van der Waals surface area (Å²) in [6.45, 7) is 6.40. The predicted octanol–water partition coefficient (Wildman–Crippen LogP) is 16.4. The van der Waals surface area contributed by atoms with Gasteiger partial charge in [0.15, 0.2) is 6.10 Å². The Labute approximate surface area is 375 Å². The van der Waals surface area contributed by atoms with Crippen molar-refractivity contribution in [1.82, 2.24) is 0 Å². The summed E-state index contributed by atoms with van der Waals surface area (Å²) in [5, 5.41) is 0. The Kier molecular flexibility index (Phi) is 46.5. The maximum Gasteiger partial charge on any atom is 0.306 e. The van der Waals surface area contributed by atoms with Crippen LogP contribution >= 0.6 is 0 Å². The minimum atomic E-state index is -0.805. The lowest BCUT2D eigenvalue weighted by molar-refractivity contribution is -0.167. The van der Waals surface area contributed by atoms with Crippen LogP contribution in [0.1, 0.15) is 226 Å². The van der Waals surface area contributed by atoms with E-state index in [0.29, 0.717) is 19.3 Å². The van der Waals surface area contributed by atoms with Crippen molar-refractivity contribution in [2.45, 2.75) is 232 Å². The van der Waals surface area contributed by atoms with Gasteiger partial charge in [-0.25, -0.2) is 0 Å². The summed E-state index contributed by atoms with van der Waals surface area (Å²) in [5.41, 5.74) is 0. The molecule has 0 fully saturated rings. The van der Waals surface area contributed by atoms with E-state index in [1.54, 1.807) is 0 Å². The van der Waals surface area contributed by atoms with E-state index < -0.39 is 6.10 Å². The van der Waals surface area contributed by atoms with Gasteiger partial charge in [-0.3, -0.25) is 14.4 Å². The molecule has 0 saturated carbocycles. The van der Waals surface area contributed by atoms with Crippen LogP contribution in [0.5, 0.6) is 0 Å². The lowest BCUT2D eigenvalue weighted by Crippen LogP contribution is -2.30. The van der Waals surface area contributed by atoms with Crippen LogP contribution in [0.15, 0.2) is 85.1 Å². The highest BCUT2D eigenvalue weighted by molar-refractivity contribution is 5.71. The zero-order valence-electron chi connectivity index (χ0n) is 39.7. The Morgan fingerprint density at radius 2 is 0.705 bits per heavy atom. The molecule has 0 aliphatic rings. The van der Waals surface area contributed by atoms with Crippen LogP contribution in [0.3, 0.4) is 0 Å². The van der Waals surface area contributed by atoms with Gasteiger partial charge in [-0.05, 0) is 96.3 Å². The predicted molar refractivity (Wildman–Crippen MR) is 261 cm³/mol. The number of esters is 3. The minimum absolute atomic E-state index is 0.102. The van der Waals surface area contributed by atoms with Crippen LogP contribution < -0.4 is 0 Å². The number of hydrogen-bond acceptors (Lipinski definition) is 6. The van der Waals surface area contributed by atoms with E-state index in [0.717, 1.165) is 89.9 Å². The second-order valence-electron chi connectivity index (χ2n) is 16.4. The molecule has 0 spiro atoms. The van der Waals surface area contributed by atoms with Crippen LogP contribution in [0.25, 0.3) is 0 Å². The molecule has 0 amide bonds. The van der Waals surface area contributed by atoms with Crippen LogP contribution in [0, 0.1) is 0 Å². The van der Waals surface area contributed by atoms with Crippen molar-refractivity contribution in [3.05, 3.63) is 85.1 Å². The molecular formula is C55H92O6. The van der Waals surface area contributed by atoms with E-state index in [9.17, 15) is 14.4 Å². The van der Waals surface area contributed by atoms with Crippen molar-refractivity contribution >= 4 is 17.9 Å². The van der Waals surface area contributed by atoms with Gasteiger partial charge in [0.05, 0.1) is 0 Å². The quantitative estimate of drug-likeness (QED) is 0.0200. The van der Waals surface area contributed by atoms with Gasteiger partial charge in [0.2, 0.25) is 0 Å². The van der Waals surface area contributed by atoms with E-state index in [1.165, 1.54) is 89.9 Å². The molecule has 0 aromatic heterocycles. The zero-order chi connectivity index (χ0) is 44.4. The number of hydrogen-bond donors (Lipinski definition) is 0. The van der Waals surface area contributed by atoms with Crippen LogP contribution in [0.2, 0.25) is 0 Å². The lowest BCUT2D eigenvalue weighted by atomic mass is 10.1. The van der Waals surface area contributed by atoms with E-state index in [-0.39, 0.29) is 37.5 Å². The average Bonchev–Trinajstić information content (AvgIpc) is 3.26. The molecule has 6 heteroatoms. The first kappa shape index (κ1) is 57.6. The fraction of sp³-hybridized carbons (Fsp3) is 0.691. The molecule has 348 valence electrons. The fourth-order valence-corrected chi connectivity index (χ4v) is 6.65. The first-order chi connectivity index (χ1) is 30.0. The average molecular weight is 849 g/mol. The van der Waals surface area contributed by atoms with Crippen LogP contribution in [0.4, 0.5) is 0 Å². The van der Waals surface area contributed by atoms with Gasteiger partial charge >= 0.3 is 17.9 Å². The van der Waals surface area contributed by atoms with Gasteiger partial charge in [-0.2, -0.15) is 0 Å². The number of carbonyl (C=O) groups excluding carboxylic acids is 3. The molecule has 6 nitrogen and oxygen atoms in total. The third kappa shape index (κ3) is 47.5. The Bertz CT molecular complexity index is 1200. The van der Waals surface area contributed by atoms with Crippen molar-refractivity contribution < 1.29 is 28.6 Å². The van der Waals surface area contributed by atoms with Crippen molar-refractivity contribution in [3.63, 3.8) is 0 Å². The Hall–Kier alpha value is -3.41. The third-order valence-corrected chi connectivity index (χ3v) is 10.4. The van der Waals surface area contributed by atoms with Crippen molar-refractivity contribution in [1.29, 1.82) is 0 Å². The number of ether oxygens (including phenoxy) is 3. The molecule has 0 aliphatic heterocycles. The summed E-state index contributed by atoms with van der Waals surface area (Å²) >= 11 is 0. The van der Waals surface area contributed by atoms with Crippen LogP contribution in [-0.4, -0.2) is 37.2 Å². The van der Waals surface area contributed by atoms with E-state index in [4.69, 9.17) is 14.2 Å². The van der Waals surface area contributed by atoms with Crippen molar-refractivity contribution in [2.75, 3.05) is 13.2 Å². The fourth-order valence-electron chi connectivity index (χ4n) is 6.65. The Morgan fingerprint density at radius 3 is 1.20 bits per heavy atom. The molecule has 1 atom stereocenters. The number of unbranched alkanes of at least 4 members (excludes halogenated alkanes) is 22. The van der Waals surface area contributed by atoms with Crippen molar-refractivity contribution in [2.24, 2.45) is 0 Å². The molecule has 0 aromatic rings. The van der Waals surface area contributed by atoms with Crippen molar-refractivity contribution in [3.8, 4) is 0 Å². The smallest absolute Gasteiger partial charge is 0.306 e. The highest BCUT2D eigenvalue weighted by Crippen LogP contribution is 2.13. The highest BCUT2D eigenvalue weighted by atomic mass is 16.6. The Morgan fingerprint density at radius 1 is 0.361 bits per heavy atom. The number of rotatable bonds is 44. The van der Waals surface area contributed by atoms with E-state index in [2.05, 4.69) is 69.4 Å². The standard InChI is InChI=1S/C55H92O6/c1-4-7-10-13-16-19-22-25-26-27-28-31-33-36-39-42-45-48-54(57)60-51-52(61-55(58)49-46-43-40-37-34-30-24-21-18-15-12-9-6-3)50-59-53(56)47-44-41-38-35-32-29-23-20-17-14-11-8-5-2/h9,12,15-16,18-19,21,24-26,29-30,32,34,52H,4-8,10-11,13-14,17,20,22-23,27-28,31,33,35-51H2,1-3H3/b12-9-,18-15-,19-16-,24-21-,26-25-,32-29-,34-30-. The summed E-state index contributed by atoms with van der Waals surface area (Å²) in [6, 6.07) is 0. The molecule has 61 heavy (non-hydrogen) atoms. The summed E-state index contributed by atoms with van der Waals surface area (Å²) in [4.78, 5) is 37.9. The minimum Gasteiger partial charge on any atom is -0.462 e. The maximum atomic E-state index is 12.8. The topological polar surface area (TPSA) is 78.9 Å². The van der Waals surface area contributed by atoms with Gasteiger partial charge in [0.25, 0.3) is 0 Å². The summed E-state index contributed by atoms with van der Waals surface area (Å²) in [7, 11) is 0. The maximum absolute atomic E-state index is 12.8. The normalized spacial score (nSPS) is 12.8. The second-order valence-corrected chi connectivity index (χ2v) is 16.4. The molecule has 0 aliphatic carbocycles. The van der Waals surface area contributed by atoms with Gasteiger partial charge in [-0.1, -0.05) is 196 Å². The molecule has 0 aromatic carbocycles. The molecule has 0 heterocycles. The SMILES string of the molecule is CC\C=C/C=C\C=C/C=C\CCCCCC(=O)OC(COC(=O)CCCCC/C=C\CCCCCCCC)COC(=O)CCCCCCCCC/C=C\C/C=C\CCCCC. The molecule has 0 saturated heterocycles.